The molecule has 3 N–H and O–H groups in total. The van der Waals surface area contributed by atoms with Crippen LogP contribution >= 0.6 is 15.6 Å². The average molecular weight is 1230 g/mol. The largest absolute Gasteiger partial charge is 0.472 e. The number of aliphatic hydroxyl groups is 1. The van der Waals surface area contributed by atoms with Gasteiger partial charge in [-0.1, -0.05) is 272 Å². The van der Waals surface area contributed by atoms with E-state index in [1.807, 2.05) is 0 Å². The van der Waals surface area contributed by atoms with Gasteiger partial charge in [-0.3, -0.25) is 37.3 Å². The van der Waals surface area contributed by atoms with Crippen LogP contribution in [0.25, 0.3) is 0 Å². The van der Waals surface area contributed by atoms with Crippen LogP contribution in [-0.2, 0) is 65.4 Å². The van der Waals surface area contributed by atoms with Gasteiger partial charge in [0, 0.05) is 25.7 Å². The highest BCUT2D eigenvalue weighted by atomic mass is 31.2. The molecule has 0 amide bonds. The minimum absolute atomic E-state index is 0.105. The van der Waals surface area contributed by atoms with Gasteiger partial charge in [0.25, 0.3) is 0 Å². The van der Waals surface area contributed by atoms with Gasteiger partial charge in [0.2, 0.25) is 0 Å². The molecule has 492 valence electrons. The molecule has 0 aliphatic carbocycles. The van der Waals surface area contributed by atoms with E-state index in [9.17, 15) is 43.2 Å². The molecule has 0 aromatic carbocycles. The molecule has 2 unspecified atom stereocenters. The number of esters is 4. The van der Waals surface area contributed by atoms with E-state index in [2.05, 4.69) is 34.6 Å². The summed E-state index contributed by atoms with van der Waals surface area (Å²) in [5.74, 6) is -1.45. The Hall–Kier alpha value is -1.94. The Balaban J connectivity index is 5.23. The number of carbonyl (C=O) groups is 4. The second-order valence-electron chi connectivity index (χ2n) is 23.6. The molecule has 0 aliphatic rings. The number of hydrogen-bond donors (Lipinski definition) is 3. The van der Waals surface area contributed by atoms with Crippen molar-refractivity contribution in [2.45, 2.75) is 342 Å². The number of carbonyl (C=O) groups excluding carboxylic acids is 4. The molecule has 0 rings (SSSR count). The first-order valence-corrected chi connectivity index (χ1v) is 36.6. The monoisotopic (exact) mass is 1230 g/mol. The maximum atomic E-state index is 13.0. The van der Waals surface area contributed by atoms with Crippen molar-refractivity contribution in [3.05, 3.63) is 0 Å². The Bertz CT molecular complexity index is 1620. The molecule has 0 aliphatic heterocycles. The Kier molecular flexibility index (Phi) is 56.4. The molecule has 19 heteroatoms. The summed E-state index contributed by atoms with van der Waals surface area (Å²) in [5.41, 5.74) is 0. The van der Waals surface area contributed by atoms with E-state index in [1.54, 1.807) is 0 Å². The second-order valence-corrected chi connectivity index (χ2v) is 26.5. The van der Waals surface area contributed by atoms with Crippen molar-refractivity contribution < 1.29 is 80.2 Å². The van der Waals surface area contributed by atoms with Crippen molar-refractivity contribution in [1.29, 1.82) is 0 Å². The summed E-state index contributed by atoms with van der Waals surface area (Å²) < 4.78 is 68.0. The number of aliphatic hydroxyl groups excluding tert-OH is 1. The number of unbranched alkanes of at least 4 members (excludes halogenated alkanes) is 36. The summed E-state index contributed by atoms with van der Waals surface area (Å²) >= 11 is 0. The highest BCUT2D eigenvalue weighted by molar-refractivity contribution is 7.47. The van der Waals surface area contributed by atoms with Crippen LogP contribution in [0.3, 0.4) is 0 Å². The van der Waals surface area contributed by atoms with Crippen molar-refractivity contribution in [2.24, 2.45) is 5.92 Å². The quantitative estimate of drug-likeness (QED) is 0.0222. The van der Waals surface area contributed by atoms with E-state index in [-0.39, 0.29) is 25.7 Å². The number of phosphoric acid groups is 2. The minimum Gasteiger partial charge on any atom is -0.462 e. The number of rotatable bonds is 64. The van der Waals surface area contributed by atoms with Crippen LogP contribution < -0.4 is 0 Å². The molecule has 0 saturated heterocycles. The fraction of sp³-hybridized carbons (Fsp3) is 0.938. The van der Waals surface area contributed by atoms with Gasteiger partial charge >= 0.3 is 39.5 Å². The lowest BCUT2D eigenvalue weighted by Gasteiger charge is -2.21. The number of hydrogen-bond acceptors (Lipinski definition) is 15. The zero-order valence-electron chi connectivity index (χ0n) is 53.3. The molecule has 0 fully saturated rings. The molecule has 83 heavy (non-hydrogen) atoms. The second kappa shape index (κ2) is 57.8. The molecule has 0 heterocycles. The van der Waals surface area contributed by atoms with Crippen molar-refractivity contribution in [3.8, 4) is 0 Å². The van der Waals surface area contributed by atoms with Gasteiger partial charge in [-0.05, 0) is 31.6 Å². The molecule has 17 nitrogen and oxygen atoms in total. The van der Waals surface area contributed by atoms with Gasteiger partial charge in [-0.15, -0.1) is 0 Å². The van der Waals surface area contributed by atoms with Crippen LogP contribution in [0, 0.1) is 5.92 Å². The zero-order valence-corrected chi connectivity index (χ0v) is 55.1. The fourth-order valence-corrected chi connectivity index (χ4v) is 11.2. The summed E-state index contributed by atoms with van der Waals surface area (Å²) in [7, 11) is -9.88. The molecule has 0 spiro atoms. The van der Waals surface area contributed by atoms with Gasteiger partial charge in [0.05, 0.1) is 26.4 Å². The van der Waals surface area contributed by atoms with Gasteiger partial charge < -0.3 is 33.8 Å². The third-order valence-corrected chi connectivity index (χ3v) is 16.7. The van der Waals surface area contributed by atoms with Crippen LogP contribution in [0.15, 0.2) is 0 Å². The van der Waals surface area contributed by atoms with E-state index in [4.69, 9.17) is 37.0 Å². The first-order valence-electron chi connectivity index (χ1n) is 33.6. The SMILES string of the molecule is CCCCCCCCCCCCCCCC(=O)O[C@H](COC(=O)CCCCCCCCCCCCC)COP(=O)(O)OC[C@@H](O)COP(=O)(O)OC[C@@H](COC(=O)CCCCCCCCC(C)C)OC(=O)CCCCCCCCCCCC. The summed E-state index contributed by atoms with van der Waals surface area (Å²) in [6.45, 7) is 7.11. The minimum atomic E-state index is -4.94. The molecule has 0 aromatic heterocycles. The van der Waals surface area contributed by atoms with Crippen LogP contribution in [0.5, 0.6) is 0 Å². The highest BCUT2D eigenvalue weighted by Gasteiger charge is 2.30. The molecular weight excluding hydrogens is 1100 g/mol. The number of phosphoric ester groups is 2. The lowest BCUT2D eigenvalue weighted by Crippen LogP contribution is -2.30. The smallest absolute Gasteiger partial charge is 0.462 e. The van der Waals surface area contributed by atoms with E-state index in [0.29, 0.717) is 31.6 Å². The van der Waals surface area contributed by atoms with Crippen molar-refractivity contribution >= 4 is 39.5 Å². The Morgan fingerprint density at radius 1 is 0.325 bits per heavy atom. The predicted molar refractivity (Wildman–Crippen MR) is 331 cm³/mol. The normalized spacial score (nSPS) is 14.2. The zero-order chi connectivity index (χ0) is 61.3. The summed E-state index contributed by atoms with van der Waals surface area (Å²) in [5, 5.41) is 10.5. The van der Waals surface area contributed by atoms with Crippen molar-refractivity contribution in [1.82, 2.24) is 0 Å². The summed E-state index contributed by atoms with van der Waals surface area (Å²) in [6, 6.07) is 0. The summed E-state index contributed by atoms with van der Waals surface area (Å²) in [6.07, 6.45) is 41.7. The van der Waals surface area contributed by atoms with Gasteiger partial charge in [0.1, 0.15) is 19.3 Å². The van der Waals surface area contributed by atoms with Gasteiger partial charge in [0.15, 0.2) is 12.2 Å². The standard InChI is InChI=1S/C64H124O17P2/c1-6-9-12-15-18-21-24-25-27-30-33-40-45-50-64(69)80-59(53-74-61(66)47-42-37-31-29-26-22-19-16-13-10-7-2)55-78-82(70,71)76-51-58(65)52-77-83(72,73)79-56-60(54-75-62(67)48-43-38-35-34-36-41-46-57(4)5)81-63(68)49-44-39-32-28-23-20-17-14-11-8-3/h57-60,65H,6-56H2,1-5H3,(H,70,71)(H,72,73)/t58-,59-,60-/m1/s1. The maximum Gasteiger partial charge on any atom is 0.472 e. The Morgan fingerprint density at radius 2 is 0.554 bits per heavy atom. The predicted octanol–water partition coefficient (Wildman–Crippen LogP) is 17.8. The third kappa shape index (κ3) is 58.8. The topological polar surface area (TPSA) is 237 Å². The Morgan fingerprint density at radius 3 is 0.819 bits per heavy atom. The van der Waals surface area contributed by atoms with Crippen molar-refractivity contribution in [2.75, 3.05) is 39.6 Å². The highest BCUT2D eigenvalue weighted by Crippen LogP contribution is 2.45. The molecular formula is C64H124O17P2. The average Bonchev–Trinajstić information content (AvgIpc) is 3.47. The van der Waals surface area contributed by atoms with Crippen LogP contribution in [0.4, 0.5) is 0 Å². The molecule has 0 bridgehead atoms. The molecule has 0 aromatic rings. The summed E-state index contributed by atoms with van der Waals surface area (Å²) in [4.78, 5) is 72.2. The first kappa shape index (κ1) is 81.1. The van der Waals surface area contributed by atoms with Crippen LogP contribution in [-0.4, -0.2) is 96.7 Å². The van der Waals surface area contributed by atoms with Crippen LogP contribution in [0.2, 0.25) is 0 Å². The van der Waals surface area contributed by atoms with E-state index in [0.717, 1.165) is 96.3 Å². The lowest BCUT2D eigenvalue weighted by molar-refractivity contribution is -0.161. The fourth-order valence-electron chi connectivity index (χ4n) is 9.58. The molecule has 0 saturated carbocycles. The van der Waals surface area contributed by atoms with E-state index < -0.39 is 97.5 Å². The molecule has 0 radical (unpaired) electrons. The third-order valence-electron chi connectivity index (χ3n) is 14.8. The van der Waals surface area contributed by atoms with E-state index in [1.165, 1.54) is 141 Å². The first-order chi connectivity index (χ1) is 40.0. The van der Waals surface area contributed by atoms with Gasteiger partial charge in [-0.25, -0.2) is 9.13 Å². The lowest BCUT2D eigenvalue weighted by atomic mass is 10.0. The van der Waals surface area contributed by atoms with Gasteiger partial charge in [-0.2, -0.15) is 0 Å². The molecule has 5 atom stereocenters. The maximum absolute atomic E-state index is 13.0. The van der Waals surface area contributed by atoms with E-state index >= 15 is 0 Å². The number of ether oxygens (including phenoxy) is 4. The Labute approximate surface area is 505 Å². The van der Waals surface area contributed by atoms with Crippen molar-refractivity contribution in [3.63, 3.8) is 0 Å². The van der Waals surface area contributed by atoms with Crippen LogP contribution in [0.1, 0.15) is 324 Å².